The second kappa shape index (κ2) is 6.80. The Morgan fingerprint density at radius 1 is 1.33 bits per heavy atom. The van der Waals surface area contributed by atoms with Crippen LogP contribution in [0.4, 0.5) is 19.0 Å². The summed E-state index contributed by atoms with van der Waals surface area (Å²) in [4.78, 5) is 10.5. The minimum Gasteiger partial charge on any atom is -0.354 e. The molecule has 4 heterocycles. The van der Waals surface area contributed by atoms with Crippen LogP contribution in [-0.4, -0.2) is 51.8 Å². The summed E-state index contributed by atoms with van der Waals surface area (Å²) in [6.07, 6.45) is 1.35. The Labute approximate surface area is 155 Å². The van der Waals surface area contributed by atoms with Gasteiger partial charge in [-0.2, -0.15) is 5.10 Å². The number of alkyl halides is 2. The largest absolute Gasteiger partial charge is 0.354 e. The molecule has 3 aromatic heterocycles. The van der Waals surface area contributed by atoms with E-state index in [1.165, 1.54) is 6.07 Å². The normalized spacial score (nSPS) is 18.2. The summed E-state index contributed by atoms with van der Waals surface area (Å²) in [5.41, 5.74) is 1.06. The summed E-state index contributed by atoms with van der Waals surface area (Å²) in [6, 6.07) is 6.09. The third-order valence-electron chi connectivity index (χ3n) is 4.58. The summed E-state index contributed by atoms with van der Waals surface area (Å²) in [5.74, 6) is -2.69. The van der Waals surface area contributed by atoms with Crippen LogP contribution in [0, 0.1) is 5.82 Å². The van der Waals surface area contributed by atoms with Gasteiger partial charge in [0.15, 0.2) is 11.5 Å². The Balaban J connectivity index is 0.00000225. The molecular formula is C18H21F3N6. The standard InChI is InChI=1S/C18H19F3N6.H2/c1-18(20,21)9-11-10-27(8-7-22-11)14-5-4-13(19)16(24-14)15-12-3-2-6-23-17(12)26-25-15;/h2-6,11,22H,7-10H2,1H3,(H,23,25,26);1H. The second-order valence-corrected chi connectivity index (χ2v) is 6.84. The molecule has 9 heteroatoms. The van der Waals surface area contributed by atoms with Gasteiger partial charge in [-0.15, -0.1) is 0 Å². The lowest BCUT2D eigenvalue weighted by molar-refractivity contribution is 0.00245. The predicted molar refractivity (Wildman–Crippen MR) is 98.4 cm³/mol. The van der Waals surface area contributed by atoms with E-state index in [-0.39, 0.29) is 19.6 Å². The highest BCUT2D eigenvalue weighted by atomic mass is 19.3. The van der Waals surface area contributed by atoms with Crippen molar-refractivity contribution in [3.05, 3.63) is 36.3 Å². The van der Waals surface area contributed by atoms with Crippen molar-refractivity contribution in [1.82, 2.24) is 25.5 Å². The fraction of sp³-hybridized carbons (Fsp3) is 0.389. The van der Waals surface area contributed by atoms with Crippen molar-refractivity contribution in [2.24, 2.45) is 0 Å². The molecule has 3 aromatic rings. The van der Waals surface area contributed by atoms with Crippen molar-refractivity contribution >= 4 is 16.9 Å². The third-order valence-corrected chi connectivity index (χ3v) is 4.58. The van der Waals surface area contributed by atoms with Crippen molar-refractivity contribution in [3.8, 4) is 11.4 Å². The molecule has 1 aliphatic heterocycles. The van der Waals surface area contributed by atoms with Crippen LogP contribution in [0.15, 0.2) is 30.5 Å². The van der Waals surface area contributed by atoms with Crippen LogP contribution < -0.4 is 10.2 Å². The molecule has 6 nitrogen and oxygen atoms in total. The smallest absolute Gasteiger partial charge is 0.247 e. The van der Waals surface area contributed by atoms with Crippen LogP contribution in [0.1, 0.15) is 14.8 Å². The average Bonchev–Trinajstić information content (AvgIpc) is 3.05. The number of nitrogens with one attached hydrogen (secondary N) is 2. The number of halogens is 3. The number of piperazine rings is 1. The number of anilines is 1. The monoisotopic (exact) mass is 378 g/mol. The van der Waals surface area contributed by atoms with Crippen molar-refractivity contribution in [1.29, 1.82) is 0 Å². The highest BCUT2D eigenvalue weighted by Gasteiger charge is 2.30. The van der Waals surface area contributed by atoms with Crippen LogP contribution in [0.5, 0.6) is 0 Å². The van der Waals surface area contributed by atoms with E-state index in [0.717, 1.165) is 6.92 Å². The average molecular weight is 378 g/mol. The van der Waals surface area contributed by atoms with Gasteiger partial charge in [-0.25, -0.2) is 23.1 Å². The lowest BCUT2D eigenvalue weighted by Crippen LogP contribution is -2.52. The predicted octanol–water partition coefficient (Wildman–Crippen LogP) is 3.23. The van der Waals surface area contributed by atoms with Crippen LogP contribution >= 0.6 is 0 Å². The topological polar surface area (TPSA) is 69.7 Å². The molecule has 1 saturated heterocycles. The molecule has 0 bridgehead atoms. The number of rotatable bonds is 4. The lowest BCUT2D eigenvalue weighted by Gasteiger charge is -2.35. The van der Waals surface area contributed by atoms with E-state index in [4.69, 9.17) is 0 Å². The maximum Gasteiger partial charge on any atom is 0.247 e. The van der Waals surface area contributed by atoms with Gasteiger partial charge < -0.3 is 10.2 Å². The van der Waals surface area contributed by atoms with Gasteiger partial charge in [-0.3, -0.25) is 5.10 Å². The number of aromatic amines is 1. The summed E-state index contributed by atoms with van der Waals surface area (Å²) >= 11 is 0. The molecule has 1 atom stereocenters. The van der Waals surface area contributed by atoms with Gasteiger partial charge in [0.25, 0.3) is 0 Å². The van der Waals surface area contributed by atoms with Gasteiger partial charge in [0.2, 0.25) is 5.92 Å². The SMILES string of the molecule is CC(F)(F)CC1CN(c2ccc(F)c(-c3[nH]nc4ncccc34)n2)CCN1.[HH]. The molecule has 0 aliphatic carbocycles. The van der Waals surface area contributed by atoms with Crippen molar-refractivity contribution in [3.63, 3.8) is 0 Å². The molecule has 0 saturated carbocycles. The first kappa shape index (κ1) is 17.7. The van der Waals surface area contributed by atoms with Crippen molar-refractivity contribution < 1.29 is 14.6 Å². The van der Waals surface area contributed by atoms with Gasteiger partial charge in [0.05, 0.1) is 5.69 Å². The van der Waals surface area contributed by atoms with E-state index in [9.17, 15) is 13.2 Å². The molecule has 0 radical (unpaired) electrons. The number of hydrogen-bond donors (Lipinski definition) is 2. The number of hydrogen-bond acceptors (Lipinski definition) is 5. The molecule has 144 valence electrons. The lowest BCUT2D eigenvalue weighted by atomic mass is 10.1. The molecule has 1 unspecified atom stereocenters. The Bertz CT molecular complexity index is 958. The number of H-pyrrole nitrogens is 1. The molecule has 0 aromatic carbocycles. The highest BCUT2D eigenvalue weighted by Crippen LogP contribution is 2.28. The summed E-state index contributed by atoms with van der Waals surface area (Å²) in [5, 5.41) is 10.7. The van der Waals surface area contributed by atoms with Crippen LogP contribution in [0.25, 0.3) is 22.4 Å². The Morgan fingerprint density at radius 2 is 2.19 bits per heavy atom. The van der Waals surface area contributed by atoms with Crippen molar-refractivity contribution in [2.45, 2.75) is 25.3 Å². The molecule has 1 fully saturated rings. The Kier molecular flexibility index (Phi) is 4.47. The Hall–Kier alpha value is -2.68. The molecule has 0 amide bonds. The third kappa shape index (κ3) is 3.73. The first-order valence-corrected chi connectivity index (χ1v) is 8.73. The number of fused-ring (bicyclic) bond motifs is 1. The molecule has 0 spiro atoms. The van der Waals surface area contributed by atoms with Gasteiger partial charge in [-0.1, -0.05) is 0 Å². The minimum atomic E-state index is -2.75. The zero-order valence-corrected chi connectivity index (χ0v) is 14.7. The Morgan fingerprint density at radius 3 is 3.00 bits per heavy atom. The summed E-state index contributed by atoms with van der Waals surface area (Å²) in [6.45, 7) is 2.47. The quantitative estimate of drug-likeness (QED) is 0.730. The second-order valence-electron chi connectivity index (χ2n) is 6.84. The van der Waals surface area contributed by atoms with E-state index >= 15 is 0 Å². The summed E-state index contributed by atoms with van der Waals surface area (Å²) in [7, 11) is 0. The number of nitrogens with zero attached hydrogens (tertiary/aromatic N) is 4. The maximum atomic E-state index is 14.5. The van der Waals surface area contributed by atoms with Crippen LogP contribution in [-0.2, 0) is 0 Å². The number of pyridine rings is 2. The molecular weight excluding hydrogens is 357 g/mol. The first-order valence-electron chi connectivity index (χ1n) is 8.73. The fourth-order valence-corrected chi connectivity index (χ4v) is 3.42. The molecule has 4 rings (SSSR count). The number of aromatic nitrogens is 4. The maximum absolute atomic E-state index is 14.5. The van der Waals surface area contributed by atoms with Gasteiger partial charge in [-0.05, 0) is 31.2 Å². The van der Waals surface area contributed by atoms with Gasteiger partial charge >= 0.3 is 0 Å². The molecule has 2 N–H and O–H groups in total. The van der Waals surface area contributed by atoms with Gasteiger partial charge in [0.1, 0.15) is 11.5 Å². The zero-order chi connectivity index (χ0) is 19.0. The van der Waals surface area contributed by atoms with E-state index in [0.29, 0.717) is 42.2 Å². The van der Waals surface area contributed by atoms with E-state index < -0.39 is 11.7 Å². The minimum absolute atomic E-state index is 0. The zero-order valence-electron chi connectivity index (χ0n) is 14.7. The first-order chi connectivity index (χ1) is 12.9. The van der Waals surface area contributed by atoms with Crippen LogP contribution in [0.3, 0.4) is 0 Å². The van der Waals surface area contributed by atoms with E-state index in [1.54, 1.807) is 24.4 Å². The van der Waals surface area contributed by atoms with E-state index in [2.05, 4.69) is 25.5 Å². The fourth-order valence-electron chi connectivity index (χ4n) is 3.42. The van der Waals surface area contributed by atoms with Gasteiger partial charge in [0, 0.05) is 45.1 Å². The van der Waals surface area contributed by atoms with Crippen LogP contribution in [0.2, 0.25) is 0 Å². The molecule has 1 aliphatic rings. The highest BCUT2D eigenvalue weighted by molar-refractivity contribution is 5.89. The summed E-state index contributed by atoms with van der Waals surface area (Å²) < 4.78 is 41.2. The van der Waals surface area contributed by atoms with Crippen molar-refractivity contribution in [2.75, 3.05) is 24.5 Å². The molecule has 27 heavy (non-hydrogen) atoms. The van der Waals surface area contributed by atoms with E-state index in [1.807, 2.05) is 4.90 Å².